The van der Waals surface area contributed by atoms with Gasteiger partial charge >= 0.3 is 12.1 Å². The molecule has 0 aliphatic rings. The van der Waals surface area contributed by atoms with E-state index in [0.717, 1.165) is 16.5 Å². The lowest BCUT2D eigenvalue weighted by Crippen LogP contribution is -2.63. The molecule has 2 aromatic carbocycles. The second-order valence-corrected chi connectivity index (χ2v) is 17.3. The molecule has 0 saturated carbocycles. The number of nitrogens with zero attached hydrogens (tertiary/aromatic N) is 3. The molecule has 3 aromatic rings. The van der Waals surface area contributed by atoms with Crippen LogP contribution in [0, 0.1) is 11.3 Å². The summed E-state index contributed by atoms with van der Waals surface area (Å²) in [5.74, 6) is -3.25. The Kier molecular flexibility index (Phi) is 16.8. The molecule has 0 bridgehead atoms. The van der Waals surface area contributed by atoms with Crippen molar-refractivity contribution in [1.29, 1.82) is 0 Å². The average molecular weight is 847 g/mol. The number of aryl methyl sites for hydroxylation is 1. The van der Waals surface area contributed by atoms with Gasteiger partial charge in [0, 0.05) is 68.3 Å². The number of amides is 5. The van der Waals surface area contributed by atoms with Gasteiger partial charge in [-0.2, -0.15) is 0 Å². The van der Waals surface area contributed by atoms with E-state index in [0.29, 0.717) is 11.3 Å². The Morgan fingerprint density at radius 1 is 0.902 bits per heavy atom. The van der Waals surface area contributed by atoms with Crippen molar-refractivity contribution in [3.05, 3.63) is 77.5 Å². The average Bonchev–Trinajstić information content (AvgIpc) is 3.53. The lowest BCUT2D eigenvalue weighted by molar-refractivity contribution is -0.143. The Bertz CT molecular complexity index is 2100. The van der Waals surface area contributed by atoms with Crippen molar-refractivity contribution in [2.75, 3.05) is 19.4 Å². The van der Waals surface area contributed by atoms with Crippen molar-refractivity contribution in [2.45, 2.75) is 112 Å². The zero-order valence-corrected chi connectivity index (χ0v) is 37.3. The molecule has 5 amide bonds. The number of carboxylic acid groups (broad SMARTS) is 1. The van der Waals surface area contributed by atoms with Gasteiger partial charge < -0.3 is 40.0 Å². The second-order valence-electron chi connectivity index (χ2n) is 17.3. The molecular weight excluding hydrogens is 785 g/mol. The second kappa shape index (κ2) is 20.9. The quantitative estimate of drug-likeness (QED) is 0.0678. The molecule has 332 valence electrons. The highest BCUT2D eigenvalue weighted by Crippen LogP contribution is 2.37. The van der Waals surface area contributed by atoms with Crippen LogP contribution in [0.15, 0.2) is 66.4 Å². The fourth-order valence-corrected chi connectivity index (χ4v) is 7.29. The zero-order valence-electron chi connectivity index (χ0n) is 37.3. The molecule has 1 heterocycles. The number of carboxylic acids is 1. The maximum atomic E-state index is 14.9. The van der Waals surface area contributed by atoms with Gasteiger partial charge in [-0.1, -0.05) is 84.9 Å². The predicted molar refractivity (Wildman–Crippen MR) is 231 cm³/mol. The summed E-state index contributed by atoms with van der Waals surface area (Å²) in [5, 5.41) is 18.2. The highest BCUT2D eigenvalue weighted by molar-refractivity contribution is 5.95. The van der Waals surface area contributed by atoms with Gasteiger partial charge in [0.1, 0.15) is 18.7 Å². The summed E-state index contributed by atoms with van der Waals surface area (Å²) < 4.78 is 12.6. The first-order chi connectivity index (χ1) is 28.4. The number of fused-ring (bicyclic) bond motifs is 1. The van der Waals surface area contributed by atoms with E-state index in [9.17, 15) is 33.6 Å². The Balaban J connectivity index is 2.00. The SMILES string of the molecule is CC(=O)Nc1ccc(COC(=O)N(C)[C@H](C(=O)N[C@H](C(=O)N(C)[C@H](/C=C(\C)C(=O)N[C@H](CCC(=O)O)OC=O)C(C)C)C(C)(C)C)C(C)(C)c2cn(C)c3ccccc23)cc1. The van der Waals surface area contributed by atoms with Crippen molar-refractivity contribution >= 4 is 58.8 Å². The number of carbonyl (C=O) groups is 7. The lowest BCUT2D eigenvalue weighted by atomic mass is 9.76. The van der Waals surface area contributed by atoms with Gasteiger partial charge in [-0.3, -0.25) is 33.7 Å². The normalized spacial score (nSPS) is 14.0. The monoisotopic (exact) mass is 846 g/mol. The molecule has 16 heteroatoms. The molecule has 0 aliphatic carbocycles. The van der Waals surface area contributed by atoms with E-state index in [1.54, 1.807) is 37.4 Å². The van der Waals surface area contributed by atoms with Gasteiger partial charge in [0.2, 0.25) is 23.6 Å². The third-order valence-corrected chi connectivity index (χ3v) is 10.6. The maximum Gasteiger partial charge on any atom is 0.410 e. The van der Waals surface area contributed by atoms with E-state index < -0.39 is 65.0 Å². The van der Waals surface area contributed by atoms with Gasteiger partial charge in [0.05, 0.1) is 12.5 Å². The number of carbonyl (C=O) groups excluding carboxylic acids is 6. The molecule has 0 spiro atoms. The van der Waals surface area contributed by atoms with Crippen LogP contribution in [0.25, 0.3) is 10.9 Å². The number of anilines is 1. The van der Waals surface area contributed by atoms with Crippen molar-refractivity contribution < 1.29 is 48.1 Å². The highest BCUT2D eigenvalue weighted by Gasteiger charge is 2.46. The molecule has 1 aromatic heterocycles. The number of ether oxygens (including phenoxy) is 2. The fourth-order valence-electron chi connectivity index (χ4n) is 7.29. The number of likely N-dealkylation sites (N-methyl/N-ethyl adjacent to an activating group) is 2. The Morgan fingerprint density at radius 2 is 1.52 bits per heavy atom. The van der Waals surface area contributed by atoms with Crippen LogP contribution in [0.2, 0.25) is 0 Å². The first-order valence-electron chi connectivity index (χ1n) is 20.1. The smallest absolute Gasteiger partial charge is 0.410 e. The molecule has 0 fully saturated rings. The first kappa shape index (κ1) is 49.2. The van der Waals surface area contributed by atoms with E-state index in [1.165, 1.54) is 30.7 Å². The van der Waals surface area contributed by atoms with Gasteiger partial charge in [0.15, 0.2) is 6.23 Å². The summed E-state index contributed by atoms with van der Waals surface area (Å²) in [6.45, 7) is 15.8. The minimum atomic E-state index is -1.20. The van der Waals surface area contributed by atoms with Crippen molar-refractivity contribution in [2.24, 2.45) is 18.4 Å². The summed E-state index contributed by atoms with van der Waals surface area (Å²) in [7, 11) is 4.96. The third kappa shape index (κ3) is 12.9. The molecule has 4 atom stereocenters. The molecule has 0 aliphatic heterocycles. The molecule has 0 unspecified atom stereocenters. The zero-order chi connectivity index (χ0) is 46.0. The number of rotatable bonds is 19. The number of hydrogen-bond donors (Lipinski definition) is 4. The standard InChI is InChI=1S/C45H62N6O10/c1-27(2)35(23-28(3)40(56)47-36(61-26-52)21-22-37(54)55)50(11)42(58)38(44(5,6)7)48-41(57)39(45(8,9)33-24-49(10)34-16-14-13-15-32(33)34)51(12)43(59)60-25-30-17-19-31(20-18-30)46-29(4)53/h13-20,23-24,26-27,35-36,38-39H,21-22,25H2,1-12H3,(H,46,53)(H,47,56)(H,48,57)(H,54,55)/b28-23+/t35-,36+,38-,39-/m1/s1. The Labute approximate surface area is 358 Å². The van der Waals surface area contributed by atoms with Crippen molar-refractivity contribution in [3.8, 4) is 0 Å². The van der Waals surface area contributed by atoms with Gasteiger partial charge in [-0.05, 0) is 47.6 Å². The molecule has 0 radical (unpaired) electrons. The summed E-state index contributed by atoms with van der Waals surface area (Å²) in [5.41, 5.74) is 1.23. The third-order valence-electron chi connectivity index (χ3n) is 10.6. The van der Waals surface area contributed by atoms with Crippen molar-refractivity contribution in [1.82, 2.24) is 25.0 Å². The Hall–Kier alpha value is -6.19. The van der Waals surface area contributed by atoms with Crippen molar-refractivity contribution in [3.63, 3.8) is 0 Å². The molecule has 0 saturated heterocycles. The van der Waals surface area contributed by atoms with E-state index in [4.69, 9.17) is 14.6 Å². The summed E-state index contributed by atoms with van der Waals surface area (Å²) in [6, 6.07) is 11.6. The number of para-hydroxylation sites is 1. The number of aromatic nitrogens is 1. The van der Waals surface area contributed by atoms with Gasteiger partial charge in [-0.25, -0.2) is 4.79 Å². The highest BCUT2D eigenvalue weighted by atomic mass is 16.6. The van der Waals surface area contributed by atoms with E-state index in [-0.39, 0.29) is 43.3 Å². The minimum Gasteiger partial charge on any atom is -0.481 e. The molecule has 16 nitrogen and oxygen atoms in total. The molecular formula is C45H62N6O10. The van der Waals surface area contributed by atoms with Crippen LogP contribution in [0.5, 0.6) is 0 Å². The fraction of sp³-hybridized carbons (Fsp3) is 0.489. The lowest BCUT2D eigenvalue weighted by Gasteiger charge is -2.42. The molecule has 4 N–H and O–H groups in total. The van der Waals surface area contributed by atoms with E-state index >= 15 is 0 Å². The first-order valence-corrected chi connectivity index (χ1v) is 20.1. The van der Waals surface area contributed by atoms with Gasteiger partial charge in [0.25, 0.3) is 6.47 Å². The number of hydrogen-bond acceptors (Lipinski definition) is 9. The van der Waals surface area contributed by atoms with Crippen LogP contribution in [0.4, 0.5) is 10.5 Å². The summed E-state index contributed by atoms with van der Waals surface area (Å²) >= 11 is 0. The summed E-state index contributed by atoms with van der Waals surface area (Å²) in [6.07, 6.45) is 1.08. The number of benzene rings is 2. The van der Waals surface area contributed by atoms with Crippen LogP contribution in [0.3, 0.4) is 0 Å². The largest absolute Gasteiger partial charge is 0.481 e. The summed E-state index contributed by atoms with van der Waals surface area (Å²) in [4.78, 5) is 93.0. The van der Waals surface area contributed by atoms with Gasteiger partial charge in [-0.15, -0.1) is 0 Å². The van der Waals surface area contributed by atoms with Crippen LogP contribution < -0.4 is 16.0 Å². The minimum absolute atomic E-state index is 0.116. The number of nitrogens with one attached hydrogen (secondary N) is 3. The predicted octanol–water partition coefficient (Wildman–Crippen LogP) is 5.49. The van der Waals surface area contributed by atoms with Crippen LogP contribution in [-0.4, -0.2) is 100 Å². The maximum absolute atomic E-state index is 14.9. The molecule has 61 heavy (non-hydrogen) atoms. The van der Waals surface area contributed by atoms with Crippen LogP contribution in [-0.2, 0) is 57.3 Å². The van der Waals surface area contributed by atoms with E-state index in [2.05, 4.69) is 16.0 Å². The molecule has 3 rings (SSSR count). The van der Waals surface area contributed by atoms with Crippen LogP contribution in [0.1, 0.15) is 86.3 Å². The van der Waals surface area contributed by atoms with E-state index in [1.807, 2.05) is 90.5 Å². The van der Waals surface area contributed by atoms with Crippen LogP contribution >= 0.6 is 0 Å². The Morgan fingerprint density at radius 3 is 2.08 bits per heavy atom. The number of aliphatic carboxylic acids is 1. The topological polar surface area (TPSA) is 206 Å².